The van der Waals surface area contributed by atoms with Crippen LogP contribution >= 0.6 is 0 Å². The normalized spacial score (nSPS) is 29.6. The summed E-state index contributed by atoms with van der Waals surface area (Å²) < 4.78 is 0. The van der Waals surface area contributed by atoms with Gasteiger partial charge in [-0.25, -0.2) is 0 Å². The molecular weight excluding hydrogens is 354 g/mol. The lowest BCUT2D eigenvalue weighted by Crippen LogP contribution is -2.67. The zero-order valence-electron chi connectivity index (χ0n) is 16.2. The minimum absolute atomic E-state index is 0.0391. The van der Waals surface area contributed by atoms with Crippen molar-refractivity contribution in [1.82, 2.24) is 25.7 Å². The van der Waals surface area contributed by atoms with Gasteiger partial charge in [0.05, 0.1) is 17.8 Å². The van der Waals surface area contributed by atoms with Crippen LogP contribution in [0.1, 0.15) is 36.9 Å². The molecule has 1 aromatic carbocycles. The number of aryl methyl sites for hydroxylation is 1. The van der Waals surface area contributed by atoms with E-state index in [2.05, 4.69) is 26.9 Å². The molecule has 7 heteroatoms. The van der Waals surface area contributed by atoms with E-state index in [9.17, 15) is 9.59 Å². The number of carbonyl (C=O) groups excluding carboxylic acids is 2. The molecule has 0 saturated carbocycles. The molecule has 3 fully saturated rings. The SMILES string of the molecule is Cc1ccc2n[nH]c(CNC(=O)[C@H]3[C@@H]4CNC[C@@H](C4)[C@@H]4CCCC(=O)N43)c2c1. The summed E-state index contributed by atoms with van der Waals surface area (Å²) in [4.78, 5) is 27.9. The molecule has 2 amide bonds. The van der Waals surface area contributed by atoms with E-state index in [4.69, 9.17) is 0 Å². The molecule has 0 spiro atoms. The number of aromatic nitrogens is 2. The van der Waals surface area contributed by atoms with Gasteiger partial charge in [0.2, 0.25) is 11.8 Å². The van der Waals surface area contributed by atoms with Gasteiger partial charge in [-0.2, -0.15) is 5.10 Å². The van der Waals surface area contributed by atoms with Crippen LogP contribution in [0.5, 0.6) is 0 Å². The Bertz CT molecular complexity index is 923. The summed E-state index contributed by atoms with van der Waals surface area (Å²) in [5, 5.41) is 15.0. The summed E-state index contributed by atoms with van der Waals surface area (Å²) in [6.07, 6.45) is 3.55. The molecule has 3 aliphatic heterocycles. The summed E-state index contributed by atoms with van der Waals surface area (Å²) in [6, 6.07) is 5.94. The van der Waals surface area contributed by atoms with Crippen molar-refractivity contribution in [1.29, 1.82) is 0 Å². The first-order chi connectivity index (χ1) is 13.6. The molecule has 28 heavy (non-hydrogen) atoms. The average molecular weight is 381 g/mol. The fourth-order valence-corrected chi connectivity index (χ4v) is 5.44. The molecular formula is C21H27N5O2. The number of amides is 2. The molecule has 4 atom stereocenters. The Morgan fingerprint density at radius 3 is 3.07 bits per heavy atom. The highest BCUT2D eigenvalue weighted by Crippen LogP contribution is 2.39. The minimum atomic E-state index is -0.363. The van der Waals surface area contributed by atoms with Gasteiger partial charge in [0, 0.05) is 30.3 Å². The van der Waals surface area contributed by atoms with Crippen molar-refractivity contribution >= 4 is 22.7 Å². The number of carbonyl (C=O) groups is 2. The average Bonchev–Trinajstić information content (AvgIpc) is 3.09. The van der Waals surface area contributed by atoms with Crippen molar-refractivity contribution in [3.8, 4) is 0 Å². The lowest BCUT2D eigenvalue weighted by Gasteiger charge is -2.53. The number of rotatable bonds is 3. The van der Waals surface area contributed by atoms with Crippen LogP contribution in [0.15, 0.2) is 18.2 Å². The number of hydrogen-bond donors (Lipinski definition) is 3. The highest BCUT2D eigenvalue weighted by atomic mass is 16.2. The van der Waals surface area contributed by atoms with Crippen LogP contribution in [-0.2, 0) is 16.1 Å². The fourth-order valence-electron chi connectivity index (χ4n) is 5.44. The summed E-state index contributed by atoms with van der Waals surface area (Å²) >= 11 is 0. The monoisotopic (exact) mass is 381 g/mol. The first-order valence-electron chi connectivity index (χ1n) is 10.3. The molecule has 148 valence electrons. The molecule has 7 nitrogen and oxygen atoms in total. The molecule has 0 radical (unpaired) electrons. The maximum atomic E-state index is 13.2. The maximum absolute atomic E-state index is 13.2. The van der Waals surface area contributed by atoms with Gasteiger partial charge in [0.1, 0.15) is 6.04 Å². The Labute approximate surface area is 164 Å². The molecule has 5 rings (SSSR count). The van der Waals surface area contributed by atoms with Gasteiger partial charge in [0.15, 0.2) is 0 Å². The number of benzene rings is 1. The number of fused-ring (bicyclic) bond motifs is 5. The maximum Gasteiger partial charge on any atom is 0.243 e. The molecule has 3 aliphatic rings. The standard InChI is InChI=1S/C21H27N5O2/c1-12-5-6-16-15(7-12)17(25-24-16)11-23-21(28)20-14-8-13(9-22-10-14)18-3-2-4-19(27)26(18)20/h5-7,13-14,18,20,22H,2-4,8-11H2,1H3,(H,23,28)(H,24,25)/t13-,14+,18+,20-/m1/s1. The lowest BCUT2D eigenvalue weighted by atomic mass is 9.72. The van der Waals surface area contributed by atoms with Crippen molar-refractivity contribution in [2.45, 2.75) is 51.2 Å². The largest absolute Gasteiger partial charge is 0.349 e. The number of aromatic amines is 1. The number of nitrogens with zero attached hydrogens (tertiary/aromatic N) is 2. The predicted molar refractivity (Wildman–Crippen MR) is 105 cm³/mol. The molecule has 3 saturated heterocycles. The summed E-state index contributed by atoms with van der Waals surface area (Å²) in [7, 11) is 0. The fraction of sp³-hybridized carbons (Fsp3) is 0.571. The van der Waals surface area contributed by atoms with Crippen LogP contribution < -0.4 is 10.6 Å². The van der Waals surface area contributed by atoms with E-state index in [0.717, 1.165) is 54.5 Å². The highest BCUT2D eigenvalue weighted by Gasteiger charge is 2.50. The number of piperidine rings is 3. The van der Waals surface area contributed by atoms with Gasteiger partial charge in [0.25, 0.3) is 0 Å². The predicted octanol–water partition coefficient (Wildman–Crippen LogP) is 1.48. The number of nitrogens with one attached hydrogen (secondary N) is 3. The molecule has 1 aromatic heterocycles. The first-order valence-corrected chi connectivity index (χ1v) is 10.3. The molecule has 4 heterocycles. The lowest BCUT2D eigenvalue weighted by molar-refractivity contribution is -0.157. The van der Waals surface area contributed by atoms with Gasteiger partial charge in [-0.15, -0.1) is 0 Å². The van der Waals surface area contributed by atoms with E-state index in [1.165, 1.54) is 0 Å². The Morgan fingerprint density at radius 2 is 2.18 bits per heavy atom. The highest BCUT2D eigenvalue weighted by molar-refractivity contribution is 5.89. The van der Waals surface area contributed by atoms with Gasteiger partial charge >= 0.3 is 0 Å². The van der Waals surface area contributed by atoms with Gasteiger partial charge in [-0.3, -0.25) is 14.7 Å². The molecule has 0 unspecified atom stereocenters. The van der Waals surface area contributed by atoms with Crippen LogP contribution in [0.4, 0.5) is 0 Å². The van der Waals surface area contributed by atoms with Crippen LogP contribution in [0.2, 0.25) is 0 Å². The van der Waals surface area contributed by atoms with Gasteiger partial charge < -0.3 is 15.5 Å². The quantitative estimate of drug-likeness (QED) is 0.751. The molecule has 2 bridgehead atoms. The van der Waals surface area contributed by atoms with Crippen LogP contribution in [-0.4, -0.2) is 52.1 Å². The Kier molecular flexibility index (Phi) is 4.34. The van der Waals surface area contributed by atoms with Gasteiger partial charge in [-0.1, -0.05) is 11.6 Å². The molecule has 2 aromatic rings. The van der Waals surface area contributed by atoms with Crippen LogP contribution in [0.25, 0.3) is 10.9 Å². The minimum Gasteiger partial charge on any atom is -0.349 e. The molecule has 0 aliphatic carbocycles. The van der Waals surface area contributed by atoms with Crippen molar-refractivity contribution in [2.24, 2.45) is 11.8 Å². The smallest absolute Gasteiger partial charge is 0.243 e. The second-order valence-electron chi connectivity index (χ2n) is 8.56. The van der Waals surface area contributed by atoms with E-state index in [0.29, 0.717) is 18.9 Å². The Balaban J connectivity index is 1.37. The van der Waals surface area contributed by atoms with Crippen molar-refractivity contribution in [2.75, 3.05) is 13.1 Å². The zero-order valence-corrected chi connectivity index (χ0v) is 16.2. The Morgan fingerprint density at radius 1 is 1.32 bits per heavy atom. The Hall–Kier alpha value is -2.41. The second kappa shape index (κ2) is 6.88. The van der Waals surface area contributed by atoms with E-state index in [-0.39, 0.29) is 29.8 Å². The third kappa shape index (κ3) is 2.89. The summed E-state index contributed by atoms with van der Waals surface area (Å²) in [5.41, 5.74) is 2.97. The van der Waals surface area contributed by atoms with E-state index < -0.39 is 0 Å². The summed E-state index contributed by atoms with van der Waals surface area (Å²) in [6.45, 7) is 4.20. The van der Waals surface area contributed by atoms with Gasteiger partial charge in [-0.05, 0) is 50.8 Å². The van der Waals surface area contributed by atoms with Crippen molar-refractivity contribution in [3.63, 3.8) is 0 Å². The van der Waals surface area contributed by atoms with Crippen LogP contribution in [0, 0.1) is 18.8 Å². The summed E-state index contributed by atoms with van der Waals surface area (Å²) in [5.74, 6) is 0.780. The number of hydrogen-bond acceptors (Lipinski definition) is 4. The third-order valence-electron chi connectivity index (χ3n) is 6.74. The van der Waals surface area contributed by atoms with Crippen molar-refractivity contribution < 1.29 is 9.59 Å². The first kappa shape index (κ1) is 17.7. The third-order valence-corrected chi connectivity index (χ3v) is 6.74. The van der Waals surface area contributed by atoms with E-state index in [1.807, 2.05) is 24.0 Å². The number of H-pyrrole nitrogens is 1. The zero-order chi connectivity index (χ0) is 19.3. The molecule has 3 N–H and O–H groups in total. The second-order valence-corrected chi connectivity index (χ2v) is 8.56. The topological polar surface area (TPSA) is 90.1 Å². The van der Waals surface area contributed by atoms with E-state index >= 15 is 0 Å². The van der Waals surface area contributed by atoms with Crippen molar-refractivity contribution in [3.05, 3.63) is 29.5 Å². The van der Waals surface area contributed by atoms with Crippen LogP contribution in [0.3, 0.4) is 0 Å². The van der Waals surface area contributed by atoms with E-state index in [1.54, 1.807) is 0 Å².